The largest absolute Gasteiger partial charge is 0.289 e. The van der Waals surface area contributed by atoms with Gasteiger partial charge in [0.2, 0.25) is 0 Å². The molecule has 3 rings (SSSR count). The summed E-state index contributed by atoms with van der Waals surface area (Å²) in [6, 6.07) is 21.7. The van der Waals surface area contributed by atoms with Crippen molar-refractivity contribution in [2.45, 2.75) is 13.8 Å². The van der Waals surface area contributed by atoms with Crippen LogP contribution in [0.5, 0.6) is 0 Å². The van der Waals surface area contributed by atoms with Gasteiger partial charge in [0.1, 0.15) is 0 Å². The number of rotatable bonds is 4. The molecule has 0 heterocycles. The van der Waals surface area contributed by atoms with E-state index in [4.69, 9.17) is 0 Å². The summed E-state index contributed by atoms with van der Waals surface area (Å²) in [4.78, 5) is 25.7. The Morgan fingerprint density at radius 3 is 1.71 bits per heavy atom. The van der Waals surface area contributed by atoms with Crippen molar-refractivity contribution in [1.29, 1.82) is 0 Å². The van der Waals surface area contributed by atoms with Crippen LogP contribution >= 0.6 is 0 Å². The molecule has 0 amide bonds. The smallest absolute Gasteiger partial charge is 0.193 e. The molecule has 0 aliphatic carbocycles. The van der Waals surface area contributed by atoms with Crippen molar-refractivity contribution in [2.75, 3.05) is 0 Å². The minimum absolute atomic E-state index is 0.127. The van der Waals surface area contributed by atoms with Gasteiger partial charge in [-0.2, -0.15) is 0 Å². The zero-order valence-electron chi connectivity index (χ0n) is 13.7. The summed E-state index contributed by atoms with van der Waals surface area (Å²) in [5.41, 5.74) is 4.26. The molecule has 2 heteroatoms. The quantitative estimate of drug-likeness (QED) is 0.650. The van der Waals surface area contributed by atoms with Gasteiger partial charge in [-0.3, -0.25) is 9.59 Å². The minimum atomic E-state index is -0.136. The van der Waals surface area contributed by atoms with Crippen LogP contribution in [0.4, 0.5) is 0 Å². The molecule has 3 aromatic rings. The second-order valence-corrected chi connectivity index (χ2v) is 5.87. The maximum absolute atomic E-state index is 12.9. The predicted octanol–water partition coefficient (Wildman–Crippen LogP) is 4.77. The van der Waals surface area contributed by atoms with Crippen LogP contribution in [0.3, 0.4) is 0 Å². The SMILES string of the molecule is Cc1ccc(C(=O)c2ccccc2C(=O)c2ccccc2)cc1C. The molecule has 118 valence electrons. The summed E-state index contributed by atoms with van der Waals surface area (Å²) in [7, 11) is 0. The summed E-state index contributed by atoms with van der Waals surface area (Å²) in [6.07, 6.45) is 0. The Morgan fingerprint density at radius 1 is 0.583 bits per heavy atom. The second-order valence-electron chi connectivity index (χ2n) is 5.87. The Balaban J connectivity index is 2.04. The molecule has 0 saturated carbocycles. The first-order valence-corrected chi connectivity index (χ1v) is 7.88. The van der Waals surface area contributed by atoms with Crippen LogP contribution in [0.25, 0.3) is 0 Å². The van der Waals surface area contributed by atoms with E-state index in [1.54, 1.807) is 36.4 Å². The van der Waals surface area contributed by atoms with E-state index in [1.807, 2.05) is 50.2 Å². The van der Waals surface area contributed by atoms with Crippen molar-refractivity contribution in [3.63, 3.8) is 0 Å². The van der Waals surface area contributed by atoms with E-state index in [1.165, 1.54) is 0 Å². The van der Waals surface area contributed by atoms with E-state index in [0.717, 1.165) is 11.1 Å². The Kier molecular flexibility index (Phi) is 4.39. The fourth-order valence-electron chi connectivity index (χ4n) is 2.66. The van der Waals surface area contributed by atoms with E-state index in [0.29, 0.717) is 22.3 Å². The third-order valence-electron chi connectivity index (χ3n) is 4.22. The highest BCUT2D eigenvalue weighted by Crippen LogP contribution is 2.20. The lowest BCUT2D eigenvalue weighted by molar-refractivity contribution is 0.100. The first kappa shape index (κ1) is 15.9. The molecule has 0 N–H and O–H groups in total. The molecule has 0 aliphatic rings. The maximum atomic E-state index is 12.9. The van der Waals surface area contributed by atoms with Crippen molar-refractivity contribution >= 4 is 11.6 Å². The average molecular weight is 314 g/mol. The van der Waals surface area contributed by atoms with E-state index < -0.39 is 0 Å². The summed E-state index contributed by atoms with van der Waals surface area (Å²) >= 11 is 0. The summed E-state index contributed by atoms with van der Waals surface area (Å²) in [5, 5.41) is 0. The lowest BCUT2D eigenvalue weighted by Gasteiger charge is -2.09. The summed E-state index contributed by atoms with van der Waals surface area (Å²) in [5.74, 6) is -0.263. The molecular weight excluding hydrogens is 296 g/mol. The van der Waals surface area contributed by atoms with Crippen molar-refractivity contribution in [1.82, 2.24) is 0 Å². The molecule has 0 radical (unpaired) electrons. The molecule has 0 saturated heterocycles. The molecule has 0 atom stereocenters. The van der Waals surface area contributed by atoms with Gasteiger partial charge in [0, 0.05) is 22.3 Å². The van der Waals surface area contributed by atoms with E-state index in [-0.39, 0.29) is 11.6 Å². The van der Waals surface area contributed by atoms with E-state index in [9.17, 15) is 9.59 Å². The molecule has 0 aliphatic heterocycles. The standard InChI is InChI=1S/C22H18O2/c1-15-12-13-18(14-16(15)2)22(24)20-11-7-6-10-19(20)21(23)17-8-4-3-5-9-17/h3-14H,1-2H3. The molecule has 0 aromatic heterocycles. The van der Waals surface area contributed by atoms with Gasteiger partial charge >= 0.3 is 0 Å². The van der Waals surface area contributed by atoms with E-state index in [2.05, 4.69) is 0 Å². The van der Waals surface area contributed by atoms with Gasteiger partial charge in [-0.25, -0.2) is 0 Å². The van der Waals surface area contributed by atoms with Crippen LogP contribution in [0.1, 0.15) is 43.0 Å². The van der Waals surface area contributed by atoms with Crippen molar-refractivity contribution in [2.24, 2.45) is 0 Å². The van der Waals surface area contributed by atoms with Crippen molar-refractivity contribution in [3.8, 4) is 0 Å². The van der Waals surface area contributed by atoms with Crippen LogP contribution in [0.2, 0.25) is 0 Å². The Morgan fingerprint density at radius 2 is 1.12 bits per heavy atom. The third kappa shape index (κ3) is 3.04. The van der Waals surface area contributed by atoms with Crippen LogP contribution in [0.15, 0.2) is 72.8 Å². The fourth-order valence-corrected chi connectivity index (χ4v) is 2.66. The molecule has 0 fully saturated rings. The number of carbonyl (C=O) groups is 2. The predicted molar refractivity (Wildman–Crippen MR) is 95.7 cm³/mol. The third-order valence-corrected chi connectivity index (χ3v) is 4.22. The Bertz CT molecular complexity index is 908. The first-order valence-electron chi connectivity index (χ1n) is 7.88. The Hall–Kier alpha value is -3.00. The van der Waals surface area contributed by atoms with Gasteiger partial charge in [-0.1, -0.05) is 66.7 Å². The molecule has 24 heavy (non-hydrogen) atoms. The topological polar surface area (TPSA) is 34.1 Å². The van der Waals surface area contributed by atoms with Crippen LogP contribution in [0, 0.1) is 13.8 Å². The highest BCUT2D eigenvalue weighted by atomic mass is 16.1. The lowest BCUT2D eigenvalue weighted by Crippen LogP contribution is -2.11. The van der Waals surface area contributed by atoms with Crippen LogP contribution in [-0.4, -0.2) is 11.6 Å². The molecule has 0 bridgehead atoms. The molecule has 0 spiro atoms. The number of aryl methyl sites for hydroxylation is 2. The van der Waals surface area contributed by atoms with Crippen molar-refractivity contribution < 1.29 is 9.59 Å². The first-order chi connectivity index (χ1) is 11.6. The highest BCUT2D eigenvalue weighted by molar-refractivity contribution is 6.19. The van der Waals surface area contributed by atoms with Gasteiger partial charge in [0.15, 0.2) is 11.6 Å². The van der Waals surface area contributed by atoms with Crippen LogP contribution in [-0.2, 0) is 0 Å². The van der Waals surface area contributed by atoms with Crippen LogP contribution < -0.4 is 0 Å². The van der Waals surface area contributed by atoms with E-state index >= 15 is 0 Å². The number of hydrogen-bond acceptors (Lipinski definition) is 2. The molecular formula is C22H18O2. The van der Waals surface area contributed by atoms with Gasteiger partial charge in [0.05, 0.1) is 0 Å². The Labute approximate surface area is 141 Å². The number of hydrogen-bond donors (Lipinski definition) is 0. The zero-order valence-corrected chi connectivity index (χ0v) is 13.7. The van der Waals surface area contributed by atoms with Crippen molar-refractivity contribution in [3.05, 3.63) is 106 Å². The summed E-state index contributed by atoms with van der Waals surface area (Å²) in [6.45, 7) is 3.99. The average Bonchev–Trinajstić information content (AvgIpc) is 2.63. The monoisotopic (exact) mass is 314 g/mol. The van der Waals surface area contributed by atoms with Gasteiger partial charge in [0.25, 0.3) is 0 Å². The molecule has 3 aromatic carbocycles. The van der Waals surface area contributed by atoms with Gasteiger partial charge in [-0.15, -0.1) is 0 Å². The maximum Gasteiger partial charge on any atom is 0.193 e. The number of ketones is 2. The minimum Gasteiger partial charge on any atom is -0.289 e. The number of carbonyl (C=O) groups excluding carboxylic acids is 2. The van der Waals surface area contributed by atoms with Gasteiger partial charge in [-0.05, 0) is 31.0 Å². The lowest BCUT2D eigenvalue weighted by atomic mass is 9.92. The number of benzene rings is 3. The normalized spacial score (nSPS) is 10.4. The fraction of sp³-hybridized carbons (Fsp3) is 0.0909. The summed E-state index contributed by atoms with van der Waals surface area (Å²) < 4.78 is 0. The zero-order chi connectivity index (χ0) is 17.1. The molecule has 2 nitrogen and oxygen atoms in total. The molecule has 0 unspecified atom stereocenters. The second kappa shape index (κ2) is 6.63. The highest BCUT2D eigenvalue weighted by Gasteiger charge is 2.19. The van der Waals surface area contributed by atoms with Gasteiger partial charge < -0.3 is 0 Å².